The number of hydrogen-bond donors (Lipinski definition) is 1. The molecule has 0 spiro atoms. The van der Waals surface area contributed by atoms with Gasteiger partial charge in [0.25, 0.3) is 0 Å². The van der Waals surface area contributed by atoms with Gasteiger partial charge in [-0.3, -0.25) is 9.10 Å². The van der Waals surface area contributed by atoms with E-state index in [1.807, 2.05) is 39.0 Å². The van der Waals surface area contributed by atoms with Crippen molar-refractivity contribution in [2.45, 2.75) is 51.7 Å². The number of aryl methyl sites for hydroxylation is 1. The van der Waals surface area contributed by atoms with Crippen LogP contribution in [-0.2, 0) is 14.8 Å². The molecule has 3 rings (SSSR count). The molecule has 168 valence electrons. The number of ether oxygens (including phenoxy) is 1. The molecule has 2 aromatic rings. The smallest absolute Gasteiger partial charge is 0.232 e. The fourth-order valence-corrected chi connectivity index (χ4v) is 4.84. The van der Waals surface area contributed by atoms with Gasteiger partial charge < -0.3 is 10.1 Å². The van der Waals surface area contributed by atoms with Crippen LogP contribution in [-0.4, -0.2) is 32.7 Å². The molecule has 0 saturated carbocycles. The fraction of sp³-hybridized carbons (Fsp3) is 0.435. The van der Waals surface area contributed by atoms with E-state index in [9.17, 15) is 17.6 Å². The SMILES string of the molecule is Cc1ccc2c(c1)C(NC(=O)CCCN(c1ccccc1F)S(C)(=O)=O)CC(C)(C)O2. The number of halogens is 1. The Balaban J connectivity index is 1.66. The van der Waals surface area contributed by atoms with Gasteiger partial charge in [0, 0.05) is 24.9 Å². The molecule has 0 aromatic heterocycles. The van der Waals surface area contributed by atoms with Gasteiger partial charge in [0.15, 0.2) is 0 Å². The van der Waals surface area contributed by atoms with Gasteiger partial charge in [-0.1, -0.05) is 29.8 Å². The van der Waals surface area contributed by atoms with Crippen molar-refractivity contribution in [3.8, 4) is 5.75 Å². The summed E-state index contributed by atoms with van der Waals surface area (Å²) in [6, 6.07) is 11.4. The van der Waals surface area contributed by atoms with E-state index in [4.69, 9.17) is 4.74 Å². The molecule has 31 heavy (non-hydrogen) atoms. The van der Waals surface area contributed by atoms with Crippen LogP contribution in [0.2, 0.25) is 0 Å². The molecule has 1 aliphatic rings. The number of hydrogen-bond acceptors (Lipinski definition) is 4. The number of nitrogens with one attached hydrogen (secondary N) is 1. The van der Waals surface area contributed by atoms with E-state index in [2.05, 4.69) is 5.32 Å². The molecule has 0 radical (unpaired) electrons. The number of nitrogens with zero attached hydrogens (tertiary/aromatic N) is 1. The number of para-hydroxylation sites is 1. The van der Waals surface area contributed by atoms with E-state index in [0.29, 0.717) is 6.42 Å². The van der Waals surface area contributed by atoms with Crippen LogP contribution in [0.1, 0.15) is 50.3 Å². The number of amides is 1. The maximum absolute atomic E-state index is 14.1. The summed E-state index contributed by atoms with van der Waals surface area (Å²) >= 11 is 0. The summed E-state index contributed by atoms with van der Waals surface area (Å²) in [6.07, 6.45) is 2.04. The quantitative estimate of drug-likeness (QED) is 0.692. The highest BCUT2D eigenvalue weighted by Crippen LogP contribution is 2.39. The van der Waals surface area contributed by atoms with E-state index in [1.54, 1.807) is 6.07 Å². The Hall–Kier alpha value is -2.61. The van der Waals surface area contributed by atoms with Crippen LogP contribution >= 0.6 is 0 Å². The zero-order valence-electron chi connectivity index (χ0n) is 18.3. The minimum absolute atomic E-state index is 0.0130. The van der Waals surface area contributed by atoms with Crippen molar-refractivity contribution in [1.82, 2.24) is 5.32 Å². The number of carbonyl (C=O) groups is 1. The van der Waals surface area contributed by atoms with Crippen molar-refractivity contribution in [2.24, 2.45) is 0 Å². The largest absolute Gasteiger partial charge is 0.487 e. The summed E-state index contributed by atoms with van der Waals surface area (Å²) < 4.78 is 45.5. The van der Waals surface area contributed by atoms with E-state index < -0.39 is 21.4 Å². The Kier molecular flexibility index (Phi) is 6.59. The van der Waals surface area contributed by atoms with Crippen LogP contribution in [0.15, 0.2) is 42.5 Å². The normalized spacial score (nSPS) is 17.4. The Morgan fingerprint density at radius 2 is 1.97 bits per heavy atom. The van der Waals surface area contributed by atoms with Crippen LogP contribution in [0.4, 0.5) is 10.1 Å². The first-order valence-electron chi connectivity index (χ1n) is 10.3. The van der Waals surface area contributed by atoms with Gasteiger partial charge in [-0.25, -0.2) is 12.8 Å². The van der Waals surface area contributed by atoms with Crippen LogP contribution in [0, 0.1) is 12.7 Å². The molecule has 8 heteroatoms. The van der Waals surface area contributed by atoms with Gasteiger partial charge in [0.1, 0.15) is 17.2 Å². The maximum Gasteiger partial charge on any atom is 0.232 e. The summed E-state index contributed by atoms with van der Waals surface area (Å²) in [5.74, 6) is -0.0408. The highest BCUT2D eigenvalue weighted by atomic mass is 32.2. The molecule has 1 heterocycles. The average molecular weight is 449 g/mol. The topological polar surface area (TPSA) is 75.7 Å². The van der Waals surface area contributed by atoms with Crippen molar-refractivity contribution in [3.63, 3.8) is 0 Å². The van der Waals surface area contributed by atoms with Gasteiger partial charge in [-0.05, 0) is 45.4 Å². The molecule has 0 fully saturated rings. The molecule has 1 unspecified atom stereocenters. The summed E-state index contributed by atoms with van der Waals surface area (Å²) in [6.45, 7) is 5.96. The van der Waals surface area contributed by atoms with E-state index in [-0.39, 0.29) is 37.0 Å². The lowest BCUT2D eigenvalue weighted by atomic mass is 9.89. The zero-order valence-corrected chi connectivity index (χ0v) is 19.1. The molecular formula is C23H29FN2O4S. The predicted octanol–water partition coefficient (Wildman–Crippen LogP) is 4.10. The summed E-state index contributed by atoms with van der Waals surface area (Å²) in [7, 11) is -3.68. The Morgan fingerprint density at radius 1 is 1.26 bits per heavy atom. The van der Waals surface area contributed by atoms with Gasteiger partial charge in [0.05, 0.1) is 18.0 Å². The number of fused-ring (bicyclic) bond motifs is 1. The lowest BCUT2D eigenvalue weighted by Gasteiger charge is -2.38. The van der Waals surface area contributed by atoms with Gasteiger partial charge in [-0.15, -0.1) is 0 Å². The summed E-state index contributed by atoms with van der Waals surface area (Å²) in [5.41, 5.74) is 1.59. The maximum atomic E-state index is 14.1. The molecule has 0 saturated heterocycles. The molecular weight excluding hydrogens is 419 g/mol. The number of sulfonamides is 1. The second-order valence-electron chi connectivity index (χ2n) is 8.62. The molecule has 0 bridgehead atoms. The molecule has 0 aliphatic carbocycles. The van der Waals surface area contributed by atoms with Crippen molar-refractivity contribution < 1.29 is 22.3 Å². The monoisotopic (exact) mass is 448 g/mol. The lowest BCUT2D eigenvalue weighted by molar-refractivity contribution is -0.122. The van der Waals surface area contributed by atoms with E-state index in [1.165, 1.54) is 18.2 Å². The molecule has 2 aromatic carbocycles. The zero-order chi connectivity index (χ0) is 22.8. The summed E-state index contributed by atoms with van der Waals surface area (Å²) in [5, 5.41) is 3.06. The third-order valence-electron chi connectivity index (χ3n) is 5.24. The van der Waals surface area contributed by atoms with E-state index >= 15 is 0 Å². The van der Waals surface area contributed by atoms with Gasteiger partial charge in [-0.2, -0.15) is 0 Å². The first kappa shape index (κ1) is 23.1. The first-order valence-corrected chi connectivity index (χ1v) is 12.1. The second-order valence-corrected chi connectivity index (χ2v) is 10.5. The molecule has 6 nitrogen and oxygen atoms in total. The highest BCUT2D eigenvalue weighted by Gasteiger charge is 2.34. The van der Waals surface area contributed by atoms with Crippen molar-refractivity contribution in [1.29, 1.82) is 0 Å². The standard InChI is InChI=1S/C23H29FN2O4S/c1-16-11-12-21-17(14-16)19(15-23(2,3)30-21)25-22(27)10-7-13-26(31(4,28)29)20-9-6-5-8-18(20)24/h5-6,8-9,11-12,14,19H,7,10,13,15H2,1-4H3,(H,25,27). The van der Waals surface area contributed by atoms with Crippen LogP contribution < -0.4 is 14.4 Å². The van der Waals surface area contributed by atoms with Gasteiger partial charge in [0.2, 0.25) is 15.9 Å². The second kappa shape index (κ2) is 8.86. The molecule has 1 aliphatic heterocycles. The van der Waals surface area contributed by atoms with Crippen LogP contribution in [0.25, 0.3) is 0 Å². The summed E-state index contributed by atoms with van der Waals surface area (Å²) in [4.78, 5) is 12.7. The number of benzene rings is 2. The van der Waals surface area contributed by atoms with Crippen molar-refractivity contribution in [3.05, 3.63) is 59.4 Å². The van der Waals surface area contributed by atoms with Gasteiger partial charge >= 0.3 is 0 Å². The minimum atomic E-state index is -3.68. The number of anilines is 1. The van der Waals surface area contributed by atoms with Crippen molar-refractivity contribution in [2.75, 3.05) is 17.1 Å². The first-order chi connectivity index (χ1) is 14.5. The highest BCUT2D eigenvalue weighted by molar-refractivity contribution is 7.92. The molecule has 1 atom stereocenters. The average Bonchev–Trinajstić information content (AvgIpc) is 2.65. The fourth-order valence-electron chi connectivity index (χ4n) is 3.87. The third kappa shape index (κ3) is 5.76. The number of rotatable bonds is 7. The predicted molar refractivity (Wildman–Crippen MR) is 119 cm³/mol. The van der Waals surface area contributed by atoms with Crippen LogP contribution in [0.3, 0.4) is 0 Å². The Morgan fingerprint density at radius 3 is 2.65 bits per heavy atom. The molecule has 1 N–H and O–H groups in total. The Bertz CT molecular complexity index is 1070. The number of carbonyl (C=O) groups excluding carboxylic acids is 1. The van der Waals surface area contributed by atoms with E-state index in [0.717, 1.165) is 27.4 Å². The third-order valence-corrected chi connectivity index (χ3v) is 6.42. The van der Waals surface area contributed by atoms with Crippen molar-refractivity contribution >= 4 is 21.6 Å². The Labute approximate surface area is 183 Å². The van der Waals surface area contributed by atoms with Crippen LogP contribution in [0.5, 0.6) is 5.75 Å². The minimum Gasteiger partial charge on any atom is -0.487 e. The lowest BCUT2D eigenvalue weighted by Crippen LogP contribution is -2.41. The molecule has 1 amide bonds.